The van der Waals surface area contributed by atoms with Crippen LogP contribution >= 0.6 is 0 Å². The van der Waals surface area contributed by atoms with Crippen LogP contribution in [0, 0.1) is 5.82 Å². The first kappa shape index (κ1) is 20.3. The van der Waals surface area contributed by atoms with Crippen LogP contribution in [0.2, 0.25) is 0 Å². The molecule has 0 bridgehead atoms. The zero-order chi connectivity index (χ0) is 21.0. The van der Waals surface area contributed by atoms with Gasteiger partial charge in [-0.15, -0.1) is 0 Å². The fraction of sp³-hybridized carbons (Fsp3) is 0.227. The second-order valence-electron chi connectivity index (χ2n) is 6.96. The molecule has 3 rings (SSSR count). The zero-order valence-electron chi connectivity index (χ0n) is 16.6. The summed E-state index contributed by atoms with van der Waals surface area (Å²) >= 11 is 0. The average Bonchev–Trinajstić information content (AvgIpc) is 3.10. The maximum Gasteiger partial charge on any atom is 0.245 e. The number of benzene rings is 2. The van der Waals surface area contributed by atoms with Crippen molar-refractivity contribution in [2.24, 2.45) is 0 Å². The first-order valence-corrected chi connectivity index (χ1v) is 9.33. The highest BCUT2D eigenvalue weighted by Gasteiger charge is 2.19. The highest BCUT2D eigenvalue weighted by Crippen LogP contribution is 2.25. The van der Waals surface area contributed by atoms with Crippen molar-refractivity contribution < 1.29 is 14.0 Å². The van der Waals surface area contributed by atoms with Crippen LogP contribution in [0.4, 0.5) is 10.2 Å². The first-order chi connectivity index (χ1) is 13.8. The highest BCUT2D eigenvalue weighted by molar-refractivity contribution is 5.94. The Morgan fingerprint density at radius 2 is 1.76 bits per heavy atom. The Hall–Kier alpha value is -3.48. The molecule has 0 radical (unpaired) electrons. The number of nitrogens with zero attached hydrogens (tertiary/aromatic N) is 3. The van der Waals surface area contributed by atoms with E-state index in [4.69, 9.17) is 0 Å². The summed E-state index contributed by atoms with van der Waals surface area (Å²) in [5.74, 6) is -0.430. The molecule has 29 heavy (non-hydrogen) atoms. The van der Waals surface area contributed by atoms with E-state index in [1.165, 1.54) is 24.0 Å². The third kappa shape index (κ3) is 4.87. The van der Waals surface area contributed by atoms with Crippen molar-refractivity contribution in [3.63, 3.8) is 0 Å². The van der Waals surface area contributed by atoms with E-state index in [0.29, 0.717) is 17.2 Å². The average molecular weight is 394 g/mol. The van der Waals surface area contributed by atoms with Gasteiger partial charge in [0.25, 0.3) is 0 Å². The third-order valence-corrected chi connectivity index (χ3v) is 4.46. The lowest BCUT2D eigenvalue weighted by atomic mass is 10.1. The van der Waals surface area contributed by atoms with Crippen molar-refractivity contribution in [1.82, 2.24) is 14.7 Å². The van der Waals surface area contributed by atoms with Gasteiger partial charge in [-0.3, -0.25) is 9.59 Å². The summed E-state index contributed by atoms with van der Waals surface area (Å²) in [6.45, 7) is 5.07. The molecule has 150 valence electrons. The Morgan fingerprint density at radius 1 is 1.10 bits per heavy atom. The van der Waals surface area contributed by atoms with E-state index in [0.717, 1.165) is 5.56 Å². The standard InChI is InChI=1S/C22H23FN4O2/c1-15(2)26(16(3)28)14-22(29)24-21-13-20(17-7-5-4-6-8-17)25-27(21)19-11-9-18(23)10-12-19/h4-13,15H,14H2,1-3H3,(H,24,29). The number of rotatable bonds is 6. The summed E-state index contributed by atoms with van der Waals surface area (Å²) in [5, 5.41) is 7.41. The molecule has 0 saturated heterocycles. The molecule has 0 aliphatic carbocycles. The van der Waals surface area contributed by atoms with Crippen LogP contribution in [0.5, 0.6) is 0 Å². The van der Waals surface area contributed by atoms with Gasteiger partial charge in [0.05, 0.1) is 11.4 Å². The number of carbonyl (C=O) groups excluding carboxylic acids is 2. The predicted octanol–water partition coefficient (Wildman–Crippen LogP) is 3.87. The fourth-order valence-corrected chi connectivity index (χ4v) is 2.99. The minimum Gasteiger partial charge on any atom is -0.331 e. The smallest absolute Gasteiger partial charge is 0.245 e. The van der Waals surface area contributed by atoms with E-state index >= 15 is 0 Å². The van der Waals surface area contributed by atoms with Gasteiger partial charge in [-0.05, 0) is 38.1 Å². The van der Waals surface area contributed by atoms with Gasteiger partial charge in [0.1, 0.15) is 18.2 Å². The van der Waals surface area contributed by atoms with Crippen LogP contribution in [0.3, 0.4) is 0 Å². The minimum absolute atomic E-state index is 0.0672. The van der Waals surface area contributed by atoms with Crippen molar-refractivity contribution in [1.29, 1.82) is 0 Å². The first-order valence-electron chi connectivity index (χ1n) is 9.33. The van der Waals surface area contributed by atoms with Gasteiger partial charge in [0, 0.05) is 24.6 Å². The molecule has 6 nitrogen and oxygen atoms in total. The molecule has 1 aromatic heterocycles. The molecular weight excluding hydrogens is 371 g/mol. The predicted molar refractivity (Wildman–Crippen MR) is 110 cm³/mol. The molecule has 0 unspecified atom stereocenters. The summed E-state index contributed by atoms with van der Waals surface area (Å²) < 4.78 is 14.9. The Bertz CT molecular complexity index is 997. The number of carbonyl (C=O) groups is 2. The van der Waals surface area contributed by atoms with Gasteiger partial charge in [-0.2, -0.15) is 5.10 Å². The van der Waals surface area contributed by atoms with Gasteiger partial charge in [-0.1, -0.05) is 30.3 Å². The number of hydrogen-bond acceptors (Lipinski definition) is 3. The zero-order valence-corrected chi connectivity index (χ0v) is 16.6. The Kier molecular flexibility index (Phi) is 6.07. The lowest BCUT2D eigenvalue weighted by Gasteiger charge is -2.24. The molecule has 1 N–H and O–H groups in total. The fourth-order valence-electron chi connectivity index (χ4n) is 2.99. The summed E-state index contributed by atoms with van der Waals surface area (Å²) in [4.78, 5) is 25.9. The lowest BCUT2D eigenvalue weighted by molar-refractivity contribution is -0.134. The van der Waals surface area contributed by atoms with Gasteiger partial charge in [0.2, 0.25) is 11.8 Å². The summed E-state index contributed by atoms with van der Waals surface area (Å²) in [5.41, 5.74) is 2.16. The van der Waals surface area contributed by atoms with E-state index in [1.54, 1.807) is 22.9 Å². The van der Waals surface area contributed by atoms with Gasteiger partial charge < -0.3 is 10.2 Å². The molecule has 0 atom stereocenters. The Balaban J connectivity index is 1.93. The number of aromatic nitrogens is 2. The van der Waals surface area contributed by atoms with Crippen LogP contribution < -0.4 is 5.32 Å². The topological polar surface area (TPSA) is 67.2 Å². The van der Waals surface area contributed by atoms with Crippen molar-refractivity contribution in [2.75, 3.05) is 11.9 Å². The summed E-state index contributed by atoms with van der Waals surface area (Å²) in [6.07, 6.45) is 0. The van der Waals surface area contributed by atoms with Gasteiger partial charge in [-0.25, -0.2) is 9.07 Å². The van der Waals surface area contributed by atoms with Crippen LogP contribution in [0.1, 0.15) is 20.8 Å². The SMILES string of the molecule is CC(=O)N(CC(=O)Nc1cc(-c2ccccc2)nn1-c1ccc(F)cc1)C(C)C. The Morgan fingerprint density at radius 3 is 2.34 bits per heavy atom. The maximum absolute atomic E-state index is 13.3. The molecule has 0 aliphatic heterocycles. The minimum atomic E-state index is -0.358. The second kappa shape index (κ2) is 8.68. The molecule has 2 aromatic carbocycles. The van der Waals surface area contributed by atoms with Crippen molar-refractivity contribution in [2.45, 2.75) is 26.8 Å². The van der Waals surface area contributed by atoms with Crippen molar-refractivity contribution in [3.05, 3.63) is 66.5 Å². The highest BCUT2D eigenvalue weighted by atomic mass is 19.1. The Labute approximate surface area is 169 Å². The molecule has 0 aliphatic rings. The molecule has 2 amide bonds. The molecular formula is C22H23FN4O2. The third-order valence-electron chi connectivity index (χ3n) is 4.46. The number of amides is 2. The van der Waals surface area contributed by atoms with Crippen LogP contribution in [-0.4, -0.2) is 39.1 Å². The number of halogens is 1. The quantitative estimate of drug-likeness (QED) is 0.690. The van der Waals surface area contributed by atoms with E-state index in [-0.39, 0.29) is 30.2 Å². The lowest BCUT2D eigenvalue weighted by Crippen LogP contribution is -2.41. The number of nitrogens with one attached hydrogen (secondary N) is 1. The molecule has 0 fully saturated rings. The maximum atomic E-state index is 13.3. The molecule has 1 heterocycles. The molecule has 0 spiro atoms. The normalized spacial score (nSPS) is 10.8. The summed E-state index contributed by atoms with van der Waals surface area (Å²) in [6, 6.07) is 17.0. The number of hydrogen-bond donors (Lipinski definition) is 1. The molecule has 7 heteroatoms. The molecule has 0 saturated carbocycles. The number of anilines is 1. The van der Waals surface area contributed by atoms with Crippen molar-refractivity contribution in [3.8, 4) is 16.9 Å². The second-order valence-corrected chi connectivity index (χ2v) is 6.96. The van der Waals surface area contributed by atoms with Crippen LogP contribution in [0.15, 0.2) is 60.7 Å². The van der Waals surface area contributed by atoms with Gasteiger partial charge >= 0.3 is 0 Å². The van der Waals surface area contributed by atoms with E-state index in [9.17, 15) is 14.0 Å². The largest absolute Gasteiger partial charge is 0.331 e. The van der Waals surface area contributed by atoms with Crippen LogP contribution in [-0.2, 0) is 9.59 Å². The molecule has 3 aromatic rings. The summed E-state index contributed by atoms with van der Waals surface area (Å²) in [7, 11) is 0. The van der Waals surface area contributed by atoms with Crippen molar-refractivity contribution >= 4 is 17.6 Å². The van der Waals surface area contributed by atoms with Gasteiger partial charge in [0.15, 0.2) is 0 Å². The van der Waals surface area contributed by atoms with Crippen LogP contribution in [0.25, 0.3) is 16.9 Å². The van der Waals surface area contributed by atoms with E-state index in [1.807, 2.05) is 44.2 Å². The van der Waals surface area contributed by atoms with E-state index < -0.39 is 0 Å². The monoisotopic (exact) mass is 394 g/mol. The van der Waals surface area contributed by atoms with E-state index in [2.05, 4.69) is 10.4 Å².